The molecule has 6 heteroatoms. The zero-order valence-corrected chi connectivity index (χ0v) is 11.3. The predicted octanol–water partition coefficient (Wildman–Crippen LogP) is 1.81. The van der Waals surface area contributed by atoms with Crippen molar-refractivity contribution in [1.29, 1.82) is 0 Å². The van der Waals surface area contributed by atoms with Gasteiger partial charge in [-0.2, -0.15) is 6.42 Å². The predicted molar refractivity (Wildman–Crippen MR) is 56.5 cm³/mol. The molecule has 0 aromatic carbocycles. The van der Waals surface area contributed by atoms with E-state index < -0.39 is 0 Å². The minimum atomic E-state index is -0.264. The number of esters is 1. The quantitative estimate of drug-likeness (QED) is 0.260. The van der Waals surface area contributed by atoms with E-state index in [-0.39, 0.29) is 23.0 Å². The molecule has 0 aliphatic rings. The van der Waals surface area contributed by atoms with Gasteiger partial charge in [0.15, 0.2) is 5.97 Å². The van der Waals surface area contributed by atoms with Crippen LogP contribution in [0.4, 0.5) is 0 Å². The SMILES string of the molecule is [C-]#[O+].[C-]#[O+].[C-]#[O+].[CH2-]/C(C)=C\CC[CH-]C(=O)OC.[Fe+2]. The van der Waals surface area contributed by atoms with Gasteiger partial charge < -0.3 is 4.74 Å². The van der Waals surface area contributed by atoms with Crippen molar-refractivity contribution in [2.24, 2.45) is 0 Å². The molecule has 0 amide bonds. The molecule has 0 unspecified atom stereocenters. The van der Waals surface area contributed by atoms with Crippen molar-refractivity contribution in [1.82, 2.24) is 0 Å². The molecule has 0 fully saturated rings. The maximum absolute atomic E-state index is 10.5. The summed E-state index contributed by atoms with van der Waals surface area (Å²) in [6.07, 6.45) is 5.09. The molecular formula is C12H14FeO5. The molecule has 0 saturated carbocycles. The van der Waals surface area contributed by atoms with Gasteiger partial charge in [0.1, 0.15) is 0 Å². The first-order valence-electron chi connectivity index (χ1n) is 4.18. The number of methoxy groups -OCH3 is 1. The van der Waals surface area contributed by atoms with Crippen LogP contribution in [0.25, 0.3) is 0 Å². The Morgan fingerprint density at radius 3 is 1.94 bits per heavy atom. The second-order valence-corrected chi connectivity index (χ2v) is 2.36. The van der Waals surface area contributed by atoms with Gasteiger partial charge in [-0.25, -0.2) is 18.6 Å². The van der Waals surface area contributed by atoms with E-state index in [1.165, 1.54) is 13.5 Å². The fraction of sp³-hybridized carbons (Fsp3) is 0.333. The largest absolute Gasteiger partial charge is 2.00 e. The maximum atomic E-state index is 10.5. The third-order valence-corrected chi connectivity index (χ3v) is 1.17. The van der Waals surface area contributed by atoms with Crippen molar-refractivity contribution in [2.45, 2.75) is 19.8 Å². The monoisotopic (exact) mass is 294 g/mol. The van der Waals surface area contributed by atoms with Gasteiger partial charge in [0.05, 0.1) is 7.11 Å². The van der Waals surface area contributed by atoms with Gasteiger partial charge in [-0.05, 0) is 0 Å². The first-order chi connectivity index (χ1) is 8.16. The fourth-order valence-corrected chi connectivity index (χ4v) is 0.614. The number of carbonyl (C=O) groups excluding carboxylic acids is 1. The van der Waals surface area contributed by atoms with Crippen molar-refractivity contribution in [3.63, 3.8) is 0 Å². The van der Waals surface area contributed by atoms with E-state index in [9.17, 15) is 4.79 Å². The first-order valence-corrected chi connectivity index (χ1v) is 4.18. The van der Waals surface area contributed by atoms with Gasteiger partial charge in [0.25, 0.3) is 0 Å². The average molecular weight is 294 g/mol. The molecule has 0 aliphatic carbocycles. The molecule has 0 rings (SSSR count). The Morgan fingerprint density at radius 1 is 1.28 bits per heavy atom. The Morgan fingerprint density at radius 2 is 1.67 bits per heavy atom. The Bertz CT molecular complexity index is 235. The smallest absolute Gasteiger partial charge is 0.491 e. The number of carbonyl (C=O) groups is 1. The molecule has 0 atom stereocenters. The van der Waals surface area contributed by atoms with Gasteiger partial charge in [-0.3, -0.25) is 11.2 Å². The summed E-state index contributed by atoms with van der Waals surface area (Å²) in [6, 6.07) is 0. The van der Waals surface area contributed by atoms with Crippen LogP contribution >= 0.6 is 0 Å². The van der Waals surface area contributed by atoms with Crippen molar-refractivity contribution in [3.05, 3.63) is 44.9 Å². The molecule has 0 aliphatic heterocycles. The Hall–Kier alpha value is -1.31. The van der Waals surface area contributed by atoms with Crippen LogP contribution in [0, 0.1) is 33.3 Å². The minimum Gasteiger partial charge on any atom is -0.491 e. The van der Waals surface area contributed by atoms with E-state index in [2.05, 4.69) is 31.6 Å². The van der Waals surface area contributed by atoms with Crippen LogP contribution in [0.15, 0.2) is 11.6 Å². The Kier molecular flexibility index (Phi) is 60.2. The van der Waals surface area contributed by atoms with Crippen LogP contribution in [0.3, 0.4) is 0 Å². The third kappa shape index (κ3) is 46.6. The zero-order valence-electron chi connectivity index (χ0n) is 10.2. The molecule has 0 aromatic heterocycles. The molecule has 0 bridgehead atoms. The normalized spacial score (nSPS) is 7.00. The molecule has 0 N–H and O–H groups in total. The van der Waals surface area contributed by atoms with Crippen molar-refractivity contribution >= 4 is 5.97 Å². The summed E-state index contributed by atoms with van der Waals surface area (Å²) in [7, 11) is 1.38. The fourth-order valence-electron chi connectivity index (χ4n) is 0.614. The number of ether oxygens (including phenoxy) is 1. The second-order valence-electron chi connectivity index (χ2n) is 2.36. The van der Waals surface area contributed by atoms with E-state index >= 15 is 0 Å². The summed E-state index contributed by atoms with van der Waals surface area (Å²) in [5, 5.41) is 0. The van der Waals surface area contributed by atoms with Crippen LogP contribution in [0.5, 0.6) is 0 Å². The number of allylic oxidation sites excluding steroid dienone is 2. The van der Waals surface area contributed by atoms with E-state index in [4.69, 9.17) is 14.0 Å². The molecule has 0 spiro atoms. The van der Waals surface area contributed by atoms with E-state index in [0.717, 1.165) is 18.4 Å². The Balaban J connectivity index is -0.0000000700. The van der Waals surface area contributed by atoms with E-state index in [1.54, 1.807) is 0 Å². The molecule has 0 aromatic rings. The molecule has 5 nitrogen and oxygen atoms in total. The van der Waals surface area contributed by atoms with Crippen LogP contribution in [-0.2, 0) is 40.6 Å². The van der Waals surface area contributed by atoms with Gasteiger partial charge in [-0.1, -0.05) is 6.92 Å². The van der Waals surface area contributed by atoms with E-state index in [1.807, 2.05) is 13.0 Å². The van der Waals surface area contributed by atoms with Crippen LogP contribution in [0.2, 0.25) is 0 Å². The number of rotatable bonds is 4. The number of unbranched alkanes of at least 4 members (excludes halogenated alkanes) is 1. The molecular weight excluding hydrogens is 280 g/mol. The van der Waals surface area contributed by atoms with Crippen molar-refractivity contribution in [3.8, 4) is 0 Å². The summed E-state index contributed by atoms with van der Waals surface area (Å²) in [5.41, 5.74) is 1.03. The maximum Gasteiger partial charge on any atom is 2.00 e. The summed E-state index contributed by atoms with van der Waals surface area (Å²) < 4.78 is 26.9. The van der Waals surface area contributed by atoms with Crippen LogP contribution in [-0.4, -0.2) is 13.1 Å². The first kappa shape index (κ1) is 30.1. The average Bonchev–Trinajstić information content (AvgIpc) is 2.41. The van der Waals surface area contributed by atoms with Gasteiger partial charge in [0, 0.05) is 0 Å². The van der Waals surface area contributed by atoms with Gasteiger partial charge >= 0.3 is 51.0 Å². The molecule has 0 heterocycles. The summed E-state index contributed by atoms with van der Waals surface area (Å²) in [6.45, 7) is 19.1. The summed E-state index contributed by atoms with van der Waals surface area (Å²) >= 11 is 0. The van der Waals surface area contributed by atoms with Crippen molar-refractivity contribution < 1.29 is 40.6 Å². The van der Waals surface area contributed by atoms with Crippen LogP contribution < -0.4 is 0 Å². The minimum absolute atomic E-state index is 0. The van der Waals surface area contributed by atoms with Gasteiger partial charge in [0.2, 0.25) is 0 Å². The van der Waals surface area contributed by atoms with Gasteiger partial charge in [-0.15, -0.1) is 6.42 Å². The third-order valence-electron chi connectivity index (χ3n) is 1.17. The number of hydrogen-bond acceptors (Lipinski definition) is 2. The number of hydrogen-bond donors (Lipinski definition) is 0. The van der Waals surface area contributed by atoms with E-state index in [0.29, 0.717) is 0 Å². The zero-order chi connectivity index (χ0) is 14.7. The molecule has 18 heavy (non-hydrogen) atoms. The topological polar surface area (TPSA) is 86.0 Å². The standard InChI is InChI=1S/C9H14O2.3CO.Fe/c1-8(2)6-4-5-7-9(10)11-3;3*1-2;/h6-7H,1,4-5H2,2-3H3;;;;/q-2;;;;+2/b8-6+;;;;. The second kappa shape index (κ2) is 36.1. The Labute approximate surface area is 119 Å². The summed E-state index contributed by atoms with van der Waals surface area (Å²) in [5.74, 6) is -0.264. The molecule has 0 saturated heterocycles. The molecule has 100 valence electrons. The summed E-state index contributed by atoms with van der Waals surface area (Å²) in [4.78, 5) is 10.5. The molecule has 0 radical (unpaired) electrons. The van der Waals surface area contributed by atoms with Crippen LogP contribution in [0.1, 0.15) is 19.8 Å². The van der Waals surface area contributed by atoms with Crippen molar-refractivity contribution in [2.75, 3.05) is 7.11 Å².